The van der Waals surface area contributed by atoms with Crippen LogP contribution >= 0.6 is 11.8 Å². The Morgan fingerprint density at radius 2 is 1.66 bits per heavy atom. The summed E-state index contributed by atoms with van der Waals surface area (Å²) in [6.07, 6.45) is 0. The first-order valence-corrected chi connectivity index (χ1v) is 11.0. The highest BCUT2D eigenvalue weighted by molar-refractivity contribution is 8.01. The fourth-order valence-corrected chi connectivity index (χ4v) is 5.79. The van der Waals surface area contributed by atoms with E-state index in [2.05, 4.69) is 0 Å². The van der Waals surface area contributed by atoms with Gasteiger partial charge in [-0.25, -0.2) is 13.2 Å². The number of carbonyl (C=O) groups is 2. The molecule has 0 N–H and O–H groups in total. The number of carbonyl (C=O) groups excluding carboxylic acids is 2. The van der Waals surface area contributed by atoms with E-state index in [4.69, 9.17) is 0 Å². The van der Waals surface area contributed by atoms with Gasteiger partial charge in [0.15, 0.2) is 4.87 Å². The van der Waals surface area contributed by atoms with Crippen LogP contribution in [0.15, 0.2) is 66.7 Å². The third-order valence-corrected chi connectivity index (χ3v) is 7.12. The Bertz CT molecular complexity index is 1250. The molecule has 2 aliphatic rings. The van der Waals surface area contributed by atoms with Gasteiger partial charge in [-0.05, 0) is 54.1 Å². The SMILES string of the molecule is O=C(c1cccc(F)c1)N1CCS[C@@]12C(=O)N(Cc1cccc(F)c1)c1ccc(F)cc12. The summed E-state index contributed by atoms with van der Waals surface area (Å²) < 4.78 is 41.8. The van der Waals surface area contributed by atoms with Crippen molar-refractivity contribution in [2.45, 2.75) is 11.4 Å². The molecule has 0 aromatic heterocycles. The number of nitrogens with zero attached hydrogens (tertiary/aromatic N) is 2. The summed E-state index contributed by atoms with van der Waals surface area (Å²) in [4.78, 5) is 28.5. The van der Waals surface area contributed by atoms with Crippen molar-refractivity contribution >= 4 is 29.3 Å². The zero-order chi connectivity index (χ0) is 22.5. The first-order chi connectivity index (χ1) is 15.4. The second-order valence-corrected chi connectivity index (χ2v) is 8.93. The van der Waals surface area contributed by atoms with Gasteiger partial charge in [0.1, 0.15) is 17.5 Å². The Labute approximate surface area is 186 Å². The molecular formula is C24H17F3N2O2S. The molecule has 2 aliphatic heterocycles. The van der Waals surface area contributed by atoms with E-state index < -0.39 is 34.1 Å². The number of anilines is 1. The Hall–Kier alpha value is -3.26. The van der Waals surface area contributed by atoms with Gasteiger partial charge in [0.05, 0.1) is 12.2 Å². The van der Waals surface area contributed by atoms with Gasteiger partial charge in [-0.15, -0.1) is 11.8 Å². The van der Waals surface area contributed by atoms with Gasteiger partial charge in [0.25, 0.3) is 11.8 Å². The van der Waals surface area contributed by atoms with Crippen molar-refractivity contribution in [3.8, 4) is 0 Å². The lowest BCUT2D eigenvalue weighted by Crippen LogP contribution is -2.50. The third-order valence-electron chi connectivity index (χ3n) is 5.70. The lowest BCUT2D eigenvalue weighted by molar-refractivity contribution is -0.123. The second kappa shape index (κ2) is 7.70. The van der Waals surface area contributed by atoms with Crippen molar-refractivity contribution in [3.63, 3.8) is 0 Å². The minimum absolute atomic E-state index is 0.0690. The third kappa shape index (κ3) is 3.17. The summed E-state index contributed by atoms with van der Waals surface area (Å²) in [6, 6.07) is 15.2. The summed E-state index contributed by atoms with van der Waals surface area (Å²) in [6.45, 7) is 0.315. The molecule has 3 aromatic carbocycles. The standard InChI is InChI=1S/C24H17F3N2O2S/c25-17-5-1-3-15(11-17)14-28-21-8-7-19(27)13-20(21)24(23(28)31)29(9-10-32-24)22(30)16-4-2-6-18(26)12-16/h1-8,11-13H,9-10,14H2/t24-/m0/s1. The van der Waals surface area contributed by atoms with Gasteiger partial charge in [-0.3, -0.25) is 9.59 Å². The first-order valence-electron chi connectivity index (χ1n) is 9.98. The smallest absolute Gasteiger partial charge is 0.268 e. The van der Waals surface area contributed by atoms with Gasteiger partial charge in [0, 0.05) is 23.4 Å². The van der Waals surface area contributed by atoms with Crippen molar-refractivity contribution in [2.24, 2.45) is 0 Å². The van der Waals surface area contributed by atoms with E-state index in [9.17, 15) is 22.8 Å². The Morgan fingerprint density at radius 3 is 2.41 bits per heavy atom. The summed E-state index contributed by atoms with van der Waals surface area (Å²) in [5.74, 6) is -1.99. The molecule has 1 atom stereocenters. The van der Waals surface area contributed by atoms with E-state index in [1.54, 1.807) is 12.1 Å². The number of hydrogen-bond acceptors (Lipinski definition) is 3. The van der Waals surface area contributed by atoms with Crippen LogP contribution in [-0.4, -0.2) is 29.0 Å². The molecule has 162 valence electrons. The molecule has 1 saturated heterocycles. The second-order valence-electron chi connectivity index (χ2n) is 7.64. The van der Waals surface area contributed by atoms with Crippen LogP contribution in [0.1, 0.15) is 21.5 Å². The van der Waals surface area contributed by atoms with Crippen molar-refractivity contribution in [1.82, 2.24) is 4.90 Å². The highest BCUT2D eigenvalue weighted by atomic mass is 32.2. The highest BCUT2D eigenvalue weighted by Gasteiger charge is 2.59. The monoisotopic (exact) mass is 454 g/mol. The maximum absolute atomic E-state index is 14.3. The van der Waals surface area contributed by atoms with Crippen LogP contribution in [-0.2, 0) is 16.2 Å². The largest absolute Gasteiger partial charge is 0.311 e. The van der Waals surface area contributed by atoms with Gasteiger partial charge >= 0.3 is 0 Å². The molecule has 3 aromatic rings. The van der Waals surface area contributed by atoms with Crippen LogP contribution in [0.25, 0.3) is 0 Å². The number of thioether (sulfide) groups is 1. The van der Waals surface area contributed by atoms with Crippen molar-refractivity contribution in [2.75, 3.05) is 17.2 Å². The van der Waals surface area contributed by atoms with Crippen LogP contribution in [0.4, 0.5) is 18.9 Å². The Kier molecular flexibility index (Phi) is 4.97. The number of benzene rings is 3. The molecule has 1 spiro atoms. The molecule has 5 rings (SSSR count). The van der Waals surface area contributed by atoms with Gasteiger partial charge in [-0.1, -0.05) is 18.2 Å². The normalized spacial score (nSPS) is 19.7. The average molecular weight is 454 g/mol. The first kappa shape index (κ1) is 20.6. The van der Waals surface area contributed by atoms with E-state index in [1.807, 2.05) is 0 Å². The van der Waals surface area contributed by atoms with E-state index in [0.717, 1.165) is 6.07 Å². The van der Waals surface area contributed by atoms with Crippen LogP contribution in [0.5, 0.6) is 0 Å². The molecule has 2 amide bonds. The molecule has 32 heavy (non-hydrogen) atoms. The molecule has 0 saturated carbocycles. The van der Waals surface area contributed by atoms with Crippen LogP contribution in [0.2, 0.25) is 0 Å². The number of fused-ring (bicyclic) bond motifs is 2. The number of hydrogen-bond donors (Lipinski definition) is 0. The summed E-state index contributed by atoms with van der Waals surface area (Å²) in [7, 11) is 0. The van der Waals surface area contributed by atoms with Gasteiger partial charge in [-0.2, -0.15) is 0 Å². The van der Waals surface area contributed by atoms with Crippen molar-refractivity contribution in [1.29, 1.82) is 0 Å². The maximum atomic E-state index is 14.3. The molecule has 1 fully saturated rings. The zero-order valence-corrected chi connectivity index (χ0v) is 17.5. The predicted molar refractivity (Wildman–Crippen MR) is 116 cm³/mol. The maximum Gasteiger partial charge on any atom is 0.268 e. The van der Waals surface area contributed by atoms with E-state index in [-0.39, 0.29) is 18.7 Å². The highest BCUT2D eigenvalue weighted by Crippen LogP contribution is 2.54. The van der Waals surface area contributed by atoms with E-state index in [1.165, 1.54) is 70.1 Å². The van der Waals surface area contributed by atoms with E-state index in [0.29, 0.717) is 22.6 Å². The molecule has 4 nitrogen and oxygen atoms in total. The fourth-order valence-electron chi connectivity index (χ4n) is 4.34. The zero-order valence-electron chi connectivity index (χ0n) is 16.7. The summed E-state index contributed by atoms with van der Waals surface area (Å²) in [5.41, 5.74) is 1.51. The van der Waals surface area contributed by atoms with Crippen LogP contribution in [0.3, 0.4) is 0 Å². The lowest BCUT2D eigenvalue weighted by atomic mass is 10.0. The van der Waals surface area contributed by atoms with Crippen LogP contribution < -0.4 is 4.90 Å². The van der Waals surface area contributed by atoms with Gasteiger partial charge < -0.3 is 9.80 Å². The predicted octanol–water partition coefficient (Wildman–Crippen LogP) is 4.69. The average Bonchev–Trinajstić information content (AvgIpc) is 3.30. The number of rotatable bonds is 3. The molecule has 0 unspecified atom stereocenters. The van der Waals surface area contributed by atoms with Crippen molar-refractivity contribution in [3.05, 3.63) is 101 Å². The molecule has 2 heterocycles. The van der Waals surface area contributed by atoms with E-state index >= 15 is 0 Å². The van der Waals surface area contributed by atoms with Crippen molar-refractivity contribution < 1.29 is 22.8 Å². The Balaban J connectivity index is 1.60. The topological polar surface area (TPSA) is 40.6 Å². The minimum Gasteiger partial charge on any atom is -0.311 e. The molecule has 8 heteroatoms. The minimum atomic E-state index is -1.46. The number of amides is 2. The van der Waals surface area contributed by atoms with Crippen LogP contribution in [0, 0.1) is 17.5 Å². The molecule has 0 aliphatic carbocycles. The number of halogens is 3. The molecule has 0 bridgehead atoms. The molecule has 0 radical (unpaired) electrons. The Morgan fingerprint density at radius 1 is 0.938 bits per heavy atom. The molecular weight excluding hydrogens is 437 g/mol. The van der Waals surface area contributed by atoms with Gasteiger partial charge in [0.2, 0.25) is 0 Å². The fraction of sp³-hybridized carbons (Fsp3) is 0.167. The summed E-state index contributed by atoms with van der Waals surface area (Å²) in [5, 5.41) is 0. The lowest BCUT2D eigenvalue weighted by Gasteiger charge is -2.33. The summed E-state index contributed by atoms with van der Waals surface area (Å²) >= 11 is 1.24. The quantitative estimate of drug-likeness (QED) is 0.577.